The van der Waals surface area contributed by atoms with Crippen LogP contribution < -0.4 is 15.5 Å². The zero-order chi connectivity index (χ0) is 17.7. The Bertz CT molecular complexity index is 885. The number of hydrogen-bond acceptors (Lipinski definition) is 5. The van der Waals surface area contributed by atoms with Crippen molar-refractivity contribution in [3.63, 3.8) is 0 Å². The summed E-state index contributed by atoms with van der Waals surface area (Å²) in [7, 11) is 0. The Labute approximate surface area is 151 Å². The average molecular weight is 354 g/mol. The first-order valence-corrected chi connectivity index (χ1v) is 9.32. The van der Waals surface area contributed by atoms with Crippen LogP contribution >= 0.6 is 0 Å². The van der Waals surface area contributed by atoms with Gasteiger partial charge in [-0.3, -0.25) is 10.1 Å². The van der Waals surface area contributed by atoms with Crippen LogP contribution in [0, 0.1) is 5.41 Å². The van der Waals surface area contributed by atoms with Crippen molar-refractivity contribution in [1.82, 2.24) is 25.2 Å². The van der Waals surface area contributed by atoms with Crippen molar-refractivity contribution in [2.24, 2.45) is 5.41 Å². The fraction of sp³-hybridized carbons (Fsp3) is 0.556. The number of carbonyl (C=O) groups is 2. The minimum atomic E-state index is -0.485. The number of imidazole rings is 1. The van der Waals surface area contributed by atoms with Crippen molar-refractivity contribution in [3.05, 3.63) is 24.2 Å². The molecule has 1 unspecified atom stereocenters. The first kappa shape index (κ1) is 15.6. The summed E-state index contributed by atoms with van der Waals surface area (Å²) in [6.07, 6.45) is 10.0. The monoisotopic (exact) mass is 354 g/mol. The second-order valence-corrected chi connectivity index (χ2v) is 7.78. The lowest BCUT2D eigenvalue weighted by Crippen LogP contribution is -2.51. The molecule has 2 N–H and O–H groups in total. The summed E-state index contributed by atoms with van der Waals surface area (Å²) in [5.41, 5.74) is 2.97. The Balaban J connectivity index is 1.52. The third kappa shape index (κ3) is 2.43. The molecule has 4 heterocycles. The highest BCUT2D eigenvalue weighted by Crippen LogP contribution is 2.46. The highest BCUT2D eigenvalue weighted by atomic mass is 16.2. The first-order chi connectivity index (χ1) is 12.6. The molecule has 1 saturated carbocycles. The third-order valence-corrected chi connectivity index (χ3v) is 6.18. The Kier molecular flexibility index (Phi) is 3.41. The van der Waals surface area contributed by atoms with Gasteiger partial charge >= 0.3 is 6.03 Å². The van der Waals surface area contributed by atoms with Gasteiger partial charge < -0.3 is 10.2 Å². The molecule has 2 aromatic rings. The number of amides is 3. The maximum atomic E-state index is 12.3. The van der Waals surface area contributed by atoms with Crippen LogP contribution in [-0.2, 0) is 4.79 Å². The van der Waals surface area contributed by atoms with Gasteiger partial charge in [-0.25, -0.2) is 14.3 Å². The minimum absolute atomic E-state index is 0.265. The Morgan fingerprint density at radius 1 is 1.19 bits per heavy atom. The highest BCUT2D eigenvalue weighted by molar-refractivity contribution is 6.00. The summed E-state index contributed by atoms with van der Waals surface area (Å²) >= 11 is 0. The summed E-state index contributed by atoms with van der Waals surface area (Å²) in [6.45, 7) is 2.33. The topological polar surface area (TPSA) is 91.6 Å². The largest absolute Gasteiger partial charge is 0.368 e. The summed E-state index contributed by atoms with van der Waals surface area (Å²) in [5, 5.41) is 9.58. The molecule has 3 aliphatic rings. The third-order valence-electron chi connectivity index (χ3n) is 6.18. The molecule has 8 heteroatoms. The SMILES string of the molecule is O=C1NCC(c2cc(N3CCC4(CCCC4)C3)c3nccn3n2)C(=O)N1. The quantitative estimate of drug-likeness (QED) is 0.851. The maximum absolute atomic E-state index is 12.3. The lowest BCUT2D eigenvalue weighted by atomic mass is 9.86. The lowest BCUT2D eigenvalue weighted by molar-refractivity contribution is -0.122. The van der Waals surface area contributed by atoms with E-state index >= 15 is 0 Å². The Morgan fingerprint density at radius 3 is 2.85 bits per heavy atom. The van der Waals surface area contributed by atoms with E-state index < -0.39 is 11.9 Å². The fourth-order valence-corrected chi connectivity index (χ4v) is 4.77. The zero-order valence-electron chi connectivity index (χ0n) is 14.6. The number of imide groups is 1. The normalized spacial score (nSPS) is 25.1. The van der Waals surface area contributed by atoms with Gasteiger partial charge in [0.05, 0.1) is 17.3 Å². The van der Waals surface area contributed by atoms with Crippen LogP contribution in [0.5, 0.6) is 0 Å². The van der Waals surface area contributed by atoms with Crippen LogP contribution in [0.15, 0.2) is 18.5 Å². The van der Waals surface area contributed by atoms with E-state index in [1.54, 1.807) is 10.7 Å². The molecule has 1 spiro atoms. The van der Waals surface area contributed by atoms with Gasteiger partial charge in [0.2, 0.25) is 5.91 Å². The number of urea groups is 1. The second-order valence-electron chi connectivity index (χ2n) is 7.78. The van der Waals surface area contributed by atoms with E-state index in [1.807, 2.05) is 12.3 Å². The van der Waals surface area contributed by atoms with Gasteiger partial charge in [0, 0.05) is 32.0 Å². The van der Waals surface area contributed by atoms with E-state index in [1.165, 1.54) is 32.1 Å². The number of fused-ring (bicyclic) bond motifs is 1. The molecule has 5 rings (SSSR count). The summed E-state index contributed by atoms with van der Waals surface area (Å²) < 4.78 is 1.74. The minimum Gasteiger partial charge on any atom is -0.368 e. The molecule has 3 fully saturated rings. The molecule has 8 nitrogen and oxygen atoms in total. The summed E-state index contributed by atoms with van der Waals surface area (Å²) in [4.78, 5) is 30.5. The highest BCUT2D eigenvalue weighted by Gasteiger charge is 2.41. The van der Waals surface area contributed by atoms with Gasteiger partial charge in [0.1, 0.15) is 0 Å². The number of nitrogens with one attached hydrogen (secondary N) is 2. The van der Waals surface area contributed by atoms with Crippen LogP contribution in [0.3, 0.4) is 0 Å². The van der Waals surface area contributed by atoms with Crippen LogP contribution in [0.25, 0.3) is 5.65 Å². The van der Waals surface area contributed by atoms with E-state index in [0.717, 1.165) is 24.4 Å². The number of hydrogen-bond donors (Lipinski definition) is 2. The van der Waals surface area contributed by atoms with Gasteiger partial charge in [0.25, 0.3) is 0 Å². The van der Waals surface area contributed by atoms with Gasteiger partial charge in [-0.1, -0.05) is 12.8 Å². The molecule has 3 amide bonds. The van der Waals surface area contributed by atoms with E-state index in [0.29, 0.717) is 11.1 Å². The average Bonchev–Trinajstić information content (AvgIpc) is 3.36. The number of aromatic nitrogens is 3. The van der Waals surface area contributed by atoms with Gasteiger partial charge in [-0.05, 0) is 30.7 Å². The molecule has 0 aromatic carbocycles. The smallest absolute Gasteiger partial charge is 0.321 e. The van der Waals surface area contributed by atoms with Gasteiger partial charge in [0.15, 0.2) is 5.65 Å². The number of rotatable bonds is 2. The van der Waals surface area contributed by atoms with Crippen LogP contribution in [-0.4, -0.2) is 46.2 Å². The number of nitrogens with zero attached hydrogens (tertiary/aromatic N) is 4. The van der Waals surface area contributed by atoms with Crippen LogP contribution in [0.4, 0.5) is 10.5 Å². The van der Waals surface area contributed by atoms with E-state index in [9.17, 15) is 9.59 Å². The van der Waals surface area contributed by atoms with Crippen molar-refractivity contribution < 1.29 is 9.59 Å². The van der Waals surface area contributed by atoms with E-state index in [-0.39, 0.29) is 12.5 Å². The fourth-order valence-electron chi connectivity index (χ4n) is 4.77. The zero-order valence-corrected chi connectivity index (χ0v) is 14.6. The Hall–Kier alpha value is -2.64. The molecular weight excluding hydrogens is 332 g/mol. The predicted octanol–water partition coefficient (Wildman–Crippen LogP) is 1.42. The molecule has 2 saturated heterocycles. The van der Waals surface area contributed by atoms with Gasteiger partial charge in [-0.2, -0.15) is 5.10 Å². The van der Waals surface area contributed by atoms with E-state index in [2.05, 4.69) is 25.6 Å². The van der Waals surface area contributed by atoms with E-state index in [4.69, 9.17) is 0 Å². The van der Waals surface area contributed by atoms with Crippen molar-refractivity contribution in [2.45, 2.75) is 38.0 Å². The van der Waals surface area contributed by atoms with Crippen molar-refractivity contribution >= 4 is 23.3 Å². The number of carbonyl (C=O) groups excluding carboxylic acids is 2. The molecule has 1 atom stereocenters. The summed E-state index contributed by atoms with van der Waals surface area (Å²) in [6, 6.07) is 1.54. The molecule has 136 valence electrons. The van der Waals surface area contributed by atoms with Crippen molar-refractivity contribution in [2.75, 3.05) is 24.5 Å². The first-order valence-electron chi connectivity index (χ1n) is 9.32. The molecule has 26 heavy (non-hydrogen) atoms. The second kappa shape index (κ2) is 5.69. The standard InChI is InChI=1S/C18H22N6O2/c25-16-12(10-20-17(26)21-16)13-9-14(15-19-6-8-24(15)22-13)23-7-5-18(11-23)3-1-2-4-18/h6,8-9,12H,1-5,7,10-11H2,(H2,20,21,25,26). The maximum Gasteiger partial charge on any atom is 0.321 e. The van der Waals surface area contributed by atoms with Crippen LogP contribution in [0.1, 0.15) is 43.7 Å². The number of anilines is 1. The van der Waals surface area contributed by atoms with Crippen LogP contribution in [0.2, 0.25) is 0 Å². The van der Waals surface area contributed by atoms with Crippen molar-refractivity contribution in [1.29, 1.82) is 0 Å². The summed E-state index contributed by atoms with van der Waals surface area (Å²) in [5.74, 6) is -0.790. The van der Waals surface area contributed by atoms with Gasteiger partial charge in [-0.15, -0.1) is 0 Å². The molecule has 0 bridgehead atoms. The Morgan fingerprint density at radius 2 is 2.04 bits per heavy atom. The molecule has 0 radical (unpaired) electrons. The van der Waals surface area contributed by atoms with Crippen molar-refractivity contribution in [3.8, 4) is 0 Å². The molecule has 2 aliphatic heterocycles. The molecule has 2 aromatic heterocycles. The lowest BCUT2D eigenvalue weighted by Gasteiger charge is -2.26. The molecular formula is C18H22N6O2. The predicted molar refractivity (Wildman–Crippen MR) is 95.0 cm³/mol. The molecule has 1 aliphatic carbocycles.